The first kappa shape index (κ1) is 98.3. The van der Waals surface area contributed by atoms with Crippen molar-refractivity contribution < 1.29 is 18.3 Å². The Balaban J connectivity index is 0.000000118. The summed E-state index contributed by atoms with van der Waals surface area (Å²) in [4.78, 5) is 9.86. The maximum atomic E-state index is 2.59. The van der Waals surface area contributed by atoms with Crippen LogP contribution >= 0.6 is 0 Å². The van der Waals surface area contributed by atoms with Gasteiger partial charge in [-0.05, 0) is 239 Å². The number of rotatable bonds is 17. The highest BCUT2D eigenvalue weighted by Gasteiger charge is 2.51. The van der Waals surface area contributed by atoms with E-state index in [2.05, 4.69) is 557 Å². The molecule has 0 radical (unpaired) electrons. The molecule has 0 saturated carbocycles. The molecule has 15 aromatic carbocycles. The Kier molecular flexibility index (Phi) is 25.6. The van der Waals surface area contributed by atoms with Crippen LogP contribution in [0.1, 0.15) is 215 Å². The smallest absolute Gasteiger partial charge is 0.210 e. The van der Waals surface area contributed by atoms with Crippen LogP contribution in [0.2, 0.25) is 0 Å². The van der Waals surface area contributed by atoms with Crippen LogP contribution in [0.25, 0.3) is 75.4 Å². The SMILES string of the molecule is CCCCN1/C(=C/C=C/C2=[N+](C)c3ccc4ccccc4c3C2(C)C)C(C)(C)c2c1ccc1ccccc21.CCCCN1/C(=C\C=C\C2=[N+](CCCC)c3ccc4ccccc4c3C2(C)C)C(C)(C)c2c1ccc1ccccc21.CN1C(=CC=CC2=[N+](C)c3ccc4ccccc4c3C2(C)C)C(C)(C)c2c1ccc1ccccc21.CN1C(=CC=CC2=[N+](C)c3ccc4ccccc4c3C2(C)C)C(C)(C)c2ccccc21. The number of anilines is 4. The number of likely N-dealkylation sites (N-methyl/N-ethyl adjacent to an activating group) is 2. The molecule has 0 amide bonds. The van der Waals surface area contributed by atoms with E-state index in [9.17, 15) is 0 Å². The minimum Gasteiger partial charge on any atom is -0.347 e. The molecule has 23 rings (SSSR count). The number of fused-ring (bicyclic) bond motifs is 22. The van der Waals surface area contributed by atoms with E-state index in [1.165, 1.54) is 250 Å². The van der Waals surface area contributed by atoms with Crippen molar-refractivity contribution in [1.29, 1.82) is 0 Å². The number of para-hydroxylation sites is 1. The van der Waals surface area contributed by atoms with E-state index in [0.717, 1.165) is 19.6 Å². The van der Waals surface area contributed by atoms with Crippen LogP contribution in [0.3, 0.4) is 0 Å². The topological polar surface area (TPSA) is 25.0 Å². The van der Waals surface area contributed by atoms with Crippen molar-refractivity contribution in [3.63, 3.8) is 0 Å². The van der Waals surface area contributed by atoms with E-state index >= 15 is 0 Å². The lowest BCUT2D eigenvalue weighted by Gasteiger charge is -2.27. The molecule has 0 N–H and O–H groups in total. The van der Waals surface area contributed by atoms with Gasteiger partial charge in [0.15, 0.2) is 22.8 Å². The summed E-state index contributed by atoms with van der Waals surface area (Å²) >= 11 is 0. The third-order valence-corrected chi connectivity index (χ3v) is 34.0. The number of nitrogens with zero attached hydrogens (tertiary/aromatic N) is 8. The molecule has 8 heteroatoms. The normalized spacial score (nSPS) is 19.1. The van der Waals surface area contributed by atoms with Gasteiger partial charge >= 0.3 is 0 Å². The van der Waals surface area contributed by atoms with Gasteiger partial charge in [0.05, 0.1) is 21.7 Å². The molecule has 0 spiro atoms. The molecule has 0 aliphatic carbocycles. The standard InChI is InChI=1S/C39H45N2.C36H39N2.C33H33N2.C29H31N2/c1-7-9-26-40-32-24-22-28-16-11-13-18-30(28)36(32)38(3,4)34(40)20-15-21-35-39(5,6)37-31-19-14-12-17-29(31)23-25-33(37)41(35)27-10-8-2;1-7-8-24-38-30-23-21-26-15-10-12-17-28(26)34(30)36(4,5)32(38)19-13-18-31-35(2,3)33-27-16-11-9-14-25(27)20-22-29(33)37(31)6;1-32(2)28(34(5)26-20-18-22-12-7-9-14-24(22)30(26)32)16-11-17-29-33(3,4)31-25-15-10-8-13-23(25)19-21-27(31)35(29)6;1-28(2)22-14-9-10-15-23(22)30(5)25(28)16-11-17-26-29(3,4)27-21-13-8-7-12-20(21)18-19-24(27)31(26)6/h11-25H,7-10,26-27H2,1-6H3;9-23H,7-8,24H2,1-6H3;7-21H,1-6H3;7-19H,1-6H3/q4*+1. The second-order valence-corrected chi connectivity index (χ2v) is 45.8. The van der Waals surface area contributed by atoms with E-state index in [1.54, 1.807) is 0 Å². The highest BCUT2D eigenvalue weighted by molar-refractivity contribution is 6.12. The molecule has 0 atom stereocenters. The molecule has 0 aromatic heterocycles. The first-order valence-electron chi connectivity index (χ1n) is 53.4. The largest absolute Gasteiger partial charge is 0.347 e. The van der Waals surface area contributed by atoms with Crippen LogP contribution in [0.4, 0.5) is 45.5 Å². The van der Waals surface area contributed by atoms with Crippen LogP contribution in [0.5, 0.6) is 0 Å². The first-order chi connectivity index (χ1) is 69.5. The fourth-order valence-corrected chi connectivity index (χ4v) is 26.8. The number of hydrogen-bond donors (Lipinski definition) is 0. The molecule has 0 fully saturated rings. The Morgan fingerprint density at radius 2 is 0.490 bits per heavy atom. The Morgan fingerprint density at radius 1 is 0.234 bits per heavy atom. The lowest BCUT2D eigenvalue weighted by molar-refractivity contribution is -0.438. The Hall–Kier alpha value is -14.1. The Bertz CT molecular complexity index is 8190. The van der Waals surface area contributed by atoms with Crippen LogP contribution in [0, 0.1) is 0 Å². The second-order valence-electron chi connectivity index (χ2n) is 45.8. The van der Waals surface area contributed by atoms with Gasteiger partial charge in [-0.25, -0.2) is 0 Å². The van der Waals surface area contributed by atoms with E-state index < -0.39 is 0 Å². The van der Waals surface area contributed by atoms with Gasteiger partial charge in [-0.15, -0.1) is 0 Å². The van der Waals surface area contributed by atoms with Crippen molar-refractivity contribution in [3.8, 4) is 0 Å². The lowest BCUT2D eigenvalue weighted by Crippen LogP contribution is -2.28. The second kappa shape index (κ2) is 37.8. The molecule has 8 heterocycles. The summed E-state index contributed by atoms with van der Waals surface area (Å²) in [6.45, 7) is 47.9. The quantitative estimate of drug-likeness (QED) is 0.0849. The molecule has 145 heavy (non-hydrogen) atoms. The van der Waals surface area contributed by atoms with Crippen molar-refractivity contribution in [2.45, 2.75) is 213 Å². The van der Waals surface area contributed by atoms with E-state index in [4.69, 9.17) is 0 Å². The van der Waals surface area contributed by atoms with Crippen LogP contribution < -0.4 is 19.6 Å². The first-order valence-corrected chi connectivity index (χ1v) is 53.4. The molecule has 8 aliphatic heterocycles. The van der Waals surface area contributed by atoms with Gasteiger partial charge in [0, 0.05) is 172 Å². The van der Waals surface area contributed by atoms with Crippen molar-refractivity contribution in [1.82, 2.24) is 0 Å². The molecule has 15 aromatic rings. The summed E-state index contributed by atoms with van der Waals surface area (Å²) in [6.07, 6.45) is 35.0. The molecule has 8 nitrogen and oxygen atoms in total. The van der Waals surface area contributed by atoms with Gasteiger partial charge in [0.25, 0.3) is 0 Å². The van der Waals surface area contributed by atoms with Crippen LogP contribution in [0.15, 0.2) is 375 Å². The van der Waals surface area contributed by atoms with E-state index in [0.29, 0.717) is 0 Å². The fraction of sp³-hybridized carbons (Fsp3) is 0.299. The summed E-state index contributed by atoms with van der Waals surface area (Å²) < 4.78 is 9.70. The van der Waals surface area contributed by atoms with Crippen LogP contribution in [-0.4, -0.2) is 96.0 Å². The van der Waals surface area contributed by atoms with Gasteiger partial charge in [-0.1, -0.05) is 326 Å². The van der Waals surface area contributed by atoms with Crippen molar-refractivity contribution in [2.75, 3.05) is 74.5 Å². The van der Waals surface area contributed by atoms with Gasteiger partial charge in [0.2, 0.25) is 22.7 Å². The fourth-order valence-electron chi connectivity index (χ4n) is 26.8. The summed E-state index contributed by atoms with van der Waals surface area (Å²) in [6, 6.07) is 102. The van der Waals surface area contributed by atoms with Gasteiger partial charge < -0.3 is 19.6 Å². The molecule has 0 bridgehead atoms. The summed E-state index contributed by atoms with van der Waals surface area (Å²) in [5, 5.41) is 18.7. The zero-order valence-corrected chi connectivity index (χ0v) is 90.4. The molecule has 732 valence electrons. The maximum Gasteiger partial charge on any atom is 0.210 e. The monoisotopic (exact) mass is 1910 g/mol. The zero-order valence-electron chi connectivity index (χ0n) is 90.4. The number of allylic oxidation sites excluding steroid dienone is 16. The van der Waals surface area contributed by atoms with Gasteiger partial charge in [-0.2, -0.15) is 18.3 Å². The van der Waals surface area contributed by atoms with E-state index in [-0.39, 0.29) is 43.3 Å². The summed E-state index contributed by atoms with van der Waals surface area (Å²) in [5.74, 6) is 0. The van der Waals surface area contributed by atoms with Gasteiger partial charge in [0.1, 0.15) is 27.7 Å². The maximum absolute atomic E-state index is 2.59. The minimum atomic E-state index is -0.0782. The molecule has 0 unspecified atom stereocenters. The lowest BCUT2D eigenvalue weighted by atomic mass is 9.79. The van der Waals surface area contributed by atoms with Crippen molar-refractivity contribution in [2.24, 2.45) is 0 Å². The molecule has 0 saturated heterocycles. The molecular weight excluding hydrogens is 1760 g/mol. The molecule has 8 aliphatic rings. The highest BCUT2D eigenvalue weighted by atomic mass is 15.2. The van der Waals surface area contributed by atoms with E-state index in [1.807, 2.05) is 0 Å². The predicted molar refractivity (Wildman–Crippen MR) is 626 cm³/mol. The number of unbranched alkanes of at least 4 members (excludes halogenated alkanes) is 3. The third-order valence-electron chi connectivity index (χ3n) is 34.0. The Morgan fingerprint density at radius 3 is 0.834 bits per heavy atom. The number of benzene rings is 15. The van der Waals surface area contributed by atoms with Crippen molar-refractivity contribution >= 4 is 144 Å². The number of hydrogen-bond acceptors (Lipinski definition) is 4. The molecular formula is C137H148N8+4. The van der Waals surface area contributed by atoms with Gasteiger partial charge in [-0.3, -0.25) is 0 Å². The summed E-state index contributed by atoms with van der Waals surface area (Å²) in [5.41, 5.74) is 32.4. The average molecular weight is 1910 g/mol. The zero-order chi connectivity index (χ0) is 102. The van der Waals surface area contributed by atoms with Crippen LogP contribution in [-0.2, 0) is 43.3 Å². The average Bonchev–Trinajstić information content (AvgIpc) is 1.56. The predicted octanol–water partition coefficient (Wildman–Crippen LogP) is 33.8. The Labute approximate surface area is 863 Å². The minimum absolute atomic E-state index is 0.00336. The van der Waals surface area contributed by atoms with Crippen molar-refractivity contribution in [3.05, 3.63) is 419 Å². The summed E-state index contributed by atoms with van der Waals surface area (Å²) in [7, 11) is 11.0. The highest BCUT2D eigenvalue weighted by Crippen LogP contribution is 2.57. The third kappa shape index (κ3) is 16.3.